The van der Waals surface area contributed by atoms with Gasteiger partial charge in [-0.2, -0.15) is 0 Å². The molecule has 1 aliphatic rings. The molecule has 2 aromatic rings. The molecule has 0 radical (unpaired) electrons. The number of non-ortho nitro benzene ring substituents is 1. The Morgan fingerprint density at radius 1 is 1.41 bits per heavy atom. The fourth-order valence-electron chi connectivity index (χ4n) is 2.57. The third kappa shape index (κ3) is 5.20. The number of hydrogen-bond acceptors (Lipinski definition) is 7. The Labute approximate surface area is 162 Å². The third-order valence-electron chi connectivity index (χ3n) is 4.16. The van der Waals surface area contributed by atoms with E-state index in [0.717, 1.165) is 25.9 Å². The second-order valence-electron chi connectivity index (χ2n) is 6.70. The number of nitrogens with zero attached hydrogens (tertiary/aromatic N) is 5. The zero-order chi connectivity index (χ0) is 19.4. The summed E-state index contributed by atoms with van der Waals surface area (Å²) in [7, 11) is 4.02. The number of likely N-dealkylation sites (N-methyl/N-ethyl adjacent to an activating group) is 1. The van der Waals surface area contributed by atoms with Gasteiger partial charge in [-0.3, -0.25) is 10.1 Å². The molecular weight excluding hydrogens is 368 g/mol. The van der Waals surface area contributed by atoms with Crippen LogP contribution in [0, 0.1) is 10.1 Å². The highest BCUT2D eigenvalue weighted by Gasteiger charge is 2.32. The van der Waals surface area contributed by atoms with E-state index in [1.54, 1.807) is 12.1 Å². The highest BCUT2D eigenvalue weighted by Crippen LogP contribution is 2.29. The molecule has 27 heavy (non-hydrogen) atoms. The minimum Gasteiger partial charge on any atom is -0.419 e. The van der Waals surface area contributed by atoms with Gasteiger partial charge in [0.25, 0.3) is 5.69 Å². The normalized spacial score (nSPS) is 13.6. The zero-order valence-corrected chi connectivity index (χ0v) is 16.1. The Bertz CT molecular complexity index is 821. The van der Waals surface area contributed by atoms with Crippen molar-refractivity contribution in [3.63, 3.8) is 0 Å². The summed E-state index contributed by atoms with van der Waals surface area (Å²) in [5, 5.41) is 23.0. The maximum atomic E-state index is 10.9. The molecule has 1 N–H and O–H groups in total. The van der Waals surface area contributed by atoms with E-state index in [1.165, 1.54) is 12.1 Å². The van der Waals surface area contributed by atoms with Gasteiger partial charge in [-0.25, -0.2) is 0 Å². The molecule has 144 valence electrons. The van der Waals surface area contributed by atoms with Crippen molar-refractivity contribution < 1.29 is 9.34 Å². The van der Waals surface area contributed by atoms with Crippen LogP contribution < -0.4 is 5.32 Å². The molecule has 0 aliphatic heterocycles. The summed E-state index contributed by atoms with van der Waals surface area (Å²) in [5.74, 6) is 0.691. The largest absolute Gasteiger partial charge is 0.419 e. The Morgan fingerprint density at radius 2 is 2.19 bits per heavy atom. The Morgan fingerprint density at radius 3 is 2.85 bits per heavy atom. The molecule has 0 unspecified atom stereocenters. The predicted molar refractivity (Wildman–Crippen MR) is 104 cm³/mol. The summed E-state index contributed by atoms with van der Waals surface area (Å²) in [6.45, 7) is 2.06. The number of thiocarbonyl (C=S) groups is 1. The number of hydrogen-bond donors (Lipinski definition) is 1. The van der Waals surface area contributed by atoms with Gasteiger partial charge < -0.3 is 19.5 Å². The van der Waals surface area contributed by atoms with Crippen LogP contribution in [0.15, 0.2) is 28.7 Å². The lowest BCUT2D eigenvalue weighted by Gasteiger charge is -2.24. The van der Waals surface area contributed by atoms with Gasteiger partial charge >= 0.3 is 0 Å². The second kappa shape index (κ2) is 8.40. The molecule has 10 heteroatoms. The minimum atomic E-state index is -0.451. The summed E-state index contributed by atoms with van der Waals surface area (Å²) in [4.78, 5) is 14.6. The summed E-state index contributed by atoms with van der Waals surface area (Å²) in [5.41, 5.74) is 0.505. The lowest BCUT2D eigenvalue weighted by Crippen LogP contribution is -2.43. The van der Waals surface area contributed by atoms with Gasteiger partial charge in [0.15, 0.2) is 5.11 Å². The van der Waals surface area contributed by atoms with Crippen LogP contribution in [0.4, 0.5) is 5.69 Å². The van der Waals surface area contributed by atoms with E-state index in [1.807, 2.05) is 14.1 Å². The van der Waals surface area contributed by atoms with Crippen molar-refractivity contribution in [3.05, 3.63) is 40.3 Å². The summed E-state index contributed by atoms with van der Waals surface area (Å²) in [6.07, 6.45) is 2.17. The molecule has 0 atom stereocenters. The number of aromatic nitrogens is 2. The first kappa shape index (κ1) is 19.2. The molecule has 1 heterocycles. The number of nitrogens with one attached hydrogen (secondary N) is 1. The summed E-state index contributed by atoms with van der Waals surface area (Å²) in [6, 6.07) is 6.53. The number of benzene rings is 1. The zero-order valence-electron chi connectivity index (χ0n) is 15.3. The van der Waals surface area contributed by atoms with Crippen molar-refractivity contribution in [2.45, 2.75) is 25.4 Å². The van der Waals surface area contributed by atoms with Crippen LogP contribution in [0.1, 0.15) is 18.7 Å². The van der Waals surface area contributed by atoms with Gasteiger partial charge in [-0.05, 0) is 45.2 Å². The minimum absolute atomic E-state index is 0.0156. The topological polar surface area (TPSA) is 101 Å². The lowest BCUT2D eigenvalue weighted by molar-refractivity contribution is -0.384. The van der Waals surface area contributed by atoms with Crippen LogP contribution in [0.3, 0.4) is 0 Å². The van der Waals surface area contributed by atoms with Crippen LogP contribution in [0.2, 0.25) is 0 Å². The van der Waals surface area contributed by atoms with Crippen LogP contribution in [0.5, 0.6) is 0 Å². The fourth-order valence-corrected chi connectivity index (χ4v) is 2.89. The summed E-state index contributed by atoms with van der Waals surface area (Å²) >= 11 is 5.52. The monoisotopic (exact) mass is 390 g/mol. The van der Waals surface area contributed by atoms with Crippen molar-refractivity contribution in [2.24, 2.45) is 0 Å². The lowest BCUT2D eigenvalue weighted by atomic mass is 10.2. The van der Waals surface area contributed by atoms with E-state index in [9.17, 15) is 10.1 Å². The molecule has 0 amide bonds. The van der Waals surface area contributed by atoms with Gasteiger partial charge in [0, 0.05) is 36.8 Å². The van der Waals surface area contributed by atoms with Crippen molar-refractivity contribution in [1.29, 1.82) is 0 Å². The van der Waals surface area contributed by atoms with E-state index >= 15 is 0 Å². The van der Waals surface area contributed by atoms with E-state index in [-0.39, 0.29) is 11.6 Å². The SMILES string of the molecule is CN(C)CCNC(=S)N(Cc1nnc(-c2cccc([N+](=O)[O-])c2)o1)C1CC1. The third-order valence-corrected chi connectivity index (χ3v) is 4.54. The molecule has 9 nitrogen and oxygen atoms in total. The molecule has 1 aromatic heterocycles. The molecule has 1 fully saturated rings. The van der Waals surface area contributed by atoms with Crippen LogP contribution in [0.25, 0.3) is 11.5 Å². The van der Waals surface area contributed by atoms with Gasteiger partial charge in [0.1, 0.15) is 0 Å². The van der Waals surface area contributed by atoms with Gasteiger partial charge in [0.2, 0.25) is 11.8 Å². The maximum Gasteiger partial charge on any atom is 0.270 e. The Kier molecular flexibility index (Phi) is 5.97. The van der Waals surface area contributed by atoms with Crippen molar-refractivity contribution in [2.75, 3.05) is 27.2 Å². The first-order chi connectivity index (χ1) is 12.9. The van der Waals surface area contributed by atoms with Crippen LogP contribution >= 0.6 is 12.2 Å². The van der Waals surface area contributed by atoms with E-state index in [0.29, 0.717) is 29.2 Å². The van der Waals surface area contributed by atoms with E-state index in [4.69, 9.17) is 16.6 Å². The molecule has 0 bridgehead atoms. The Hall–Kier alpha value is -2.59. The van der Waals surface area contributed by atoms with Crippen LogP contribution in [-0.2, 0) is 6.54 Å². The highest BCUT2D eigenvalue weighted by atomic mass is 32.1. The quantitative estimate of drug-likeness (QED) is 0.412. The average Bonchev–Trinajstić information content (AvgIpc) is 3.37. The average molecular weight is 390 g/mol. The molecule has 1 aromatic carbocycles. The summed E-state index contributed by atoms with van der Waals surface area (Å²) < 4.78 is 5.72. The van der Waals surface area contributed by atoms with Gasteiger partial charge in [-0.15, -0.1) is 10.2 Å². The predicted octanol–water partition coefficient (Wildman–Crippen LogP) is 2.05. The van der Waals surface area contributed by atoms with Gasteiger partial charge in [-0.1, -0.05) is 6.07 Å². The van der Waals surface area contributed by atoms with E-state index in [2.05, 4.69) is 25.3 Å². The number of rotatable bonds is 8. The molecule has 0 spiro atoms. The van der Waals surface area contributed by atoms with Crippen molar-refractivity contribution >= 4 is 23.0 Å². The molecule has 3 rings (SSSR count). The number of nitro groups is 1. The highest BCUT2D eigenvalue weighted by molar-refractivity contribution is 7.80. The van der Waals surface area contributed by atoms with Gasteiger partial charge in [0.05, 0.1) is 11.5 Å². The van der Waals surface area contributed by atoms with E-state index < -0.39 is 4.92 Å². The standard InChI is InChI=1S/C17H22N6O3S/c1-21(2)9-8-18-17(27)22(13-6-7-13)11-15-19-20-16(26-15)12-4-3-5-14(10-12)23(24)25/h3-5,10,13H,6-9,11H2,1-2H3,(H,18,27). The first-order valence-electron chi connectivity index (χ1n) is 8.70. The van der Waals surface area contributed by atoms with Crippen molar-refractivity contribution in [1.82, 2.24) is 25.3 Å². The maximum absolute atomic E-state index is 10.9. The molecule has 1 aliphatic carbocycles. The smallest absolute Gasteiger partial charge is 0.270 e. The fraction of sp³-hybridized carbons (Fsp3) is 0.471. The van der Waals surface area contributed by atoms with Crippen LogP contribution in [-0.4, -0.2) is 63.3 Å². The molecule has 0 saturated heterocycles. The number of nitro benzene ring substituents is 1. The second-order valence-corrected chi connectivity index (χ2v) is 7.09. The Balaban J connectivity index is 1.67. The molecule has 1 saturated carbocycles. The first-order valence-corrected chi connectivity index (χ1v) is 9.11. The van der Waals surface area contributed by atoms with Crippen molar-refractivity contribution in [3.8, 4) is 11.5 Å². The molecular formula is C17H22N6O3S.